The monoisotopic (exact) mass is 290 g/mol. The van der Waals surface area contributed by atoms with Gasteiger partial charge in [-0.2, -0.15) is 0 Å². The Morgan fingerprint density at radius 1 is 1.40 bits per heavy atom. The average molecular weight is 290 g/mol. The van der Waals surface area contributed by atoms with Gasteiger partial charge in [0.1, 0.15) is 0 Å². The van der Waals surface area contributed by atoms with Crippen LogP contribution < -0.4 is 5.73 Å². The molecule has 1 atom stereocenters. The molecule has 108 valence electrons. The van der Waals surface area contributed by atoms with Crippen LogP contribution in [0.2, 0.25) is 0 Å². The van der Waals surface area contributed by atoms with Gasteiger partial charge in [0.05, 0.1) is 0 Å². The van der Waals surface area contributed by atoms with Gasteiger partial charge in [-0.3, -0.25) is 4.57 Å². The van der Waals surface area contributed by atoms with Crippen LogP contribution in [0.5, 0.6) is 0 Å². The highest BCUT2D eigenvalue weighted by Gasteiger charge is 2.21. The van der Waals surface area contributed by atoms with E-state index in [1.807, 2.05) is 12.1 Å². The molecule has 0 saturated heterocycles. The normalized spacial score (nSPS) is 12.5. The Hall–Kier alpha value is -1.55. The second-order valence-corrected chi connectivity index (χ2v) is 6.00. The zero-order valence-electron chi connectivity index (χ0n) is 12.1. The van der Waals surface area contributed by atoms with E-state index in [0.29, 0.717) is 5.92 Å². The molecule has 0 spiro atoms. The first-order chi connectivity index (χ1) is 9.69. The van der Waals surface area contributed by atoms with E-state index in [1.165, 1.54) is 17.7 Å². The van der Waals surface area contributed by atoms with Crippen LogP contribution >= 0.6 is 11.3 Å². The predicted molar refractivity (Wildman–Crippen MR) is 85.3 cm³/mol. The molecular weight excluding hydrogens is 268 g/mol. The molecule has 0 aliphatic rings. The topological polar surface area (TPSA) is 48.0 Å². The summed E-state index contributed by atoms with van der Waals surface area (Å²) in [7, 11) is 0. The number of primary amides is 1. The summed E-state index contributed by atoms with van der Waals surface area (Å²) in [5, 5.41) is 2.06. The van der Waals surface area contributed by atoms with Crippen molar-refractivity contribution >= 4 is 17.4 Å². The summed E-state index contributed by atoms with van der Waals surface area (Å²) in [4.78, 5) is 12.9. The third kappa shape index (κ3) is 2.96. The van der Waals surface area contributed by atoms with Crippen LogP contribution in [0.15, 0.2) is 29.8 Å². The second kappa shape index (κ2) is 6.75. The smallest absolute Gasteiger partial charge is 0.323 e. The zero-order valence-corrected chi connectivity index (χ0v) is 13.0. The molecule has 2 N–H and O–H groups in total. The number of hydrogen-bond donors (Lipinski definition) is 1. The first-order valence-electron chi connectivity index (χ1n) is 7.23. The minimum absolute atomic E-state index is 0.384. The highest BCUT2D eigenvalue weighted by Crippen LogP contribution is 2.36. The van der Waals surface area contributed by atoms with E-state index in [0.717, 1.165) is 24.1 Å². The number of thiophene rings is 1. The van der Waals surface area contributed by atoms with Crippen LogP contribution in [-0.4, -0.2) is 10.6 Å². The van der Waals surface area contributed by atoms with E-state index in [1.54, 1.807) is 22.1 Å². The van der Waals surface area contributed by atoms with Crippen LogP contribution in [0.3, 0.4) is 0 Å². The summed E-state index contributed by atoms with van der Waals surface area (Å²) in [6.07, 6.45) is 6.27. The Kier molecular flexibility index (Phi) is 5.01. The van der Waals surface area contributed by atoms with Crippen LogP contribution in [0.1, 0.15) is 51.1 Å². The lowest BCUT2D eigenvalue weighted by atomic mass is 9.92. The number of hydrogen-bond acceptors (Lipinski definition) is 2. The number of carbonyl (C=O) groups excluding carboxylic acids is 1. The maximum Gasteiger partial charge on any atom is 0.323 e. The molecule has 1 unspecified atom stereocenters. The number of amides is 1. The van der Waals surface area contributed by atoms with E-state index in [-0.39, 0.29) is 0 Å². The quantitative estimate of drug-likeness (QED) is 0.814. The molecule has 0 aromatic carbocycles. The van der Waals surface area contributed by atoms with Crippen molar-refractivity contribution in [2.75, 3.05) is 0 Å². The van der Waals surface area contributed by atoms with Gasteiger partial charge in [0, 0.05) is 28.2 Å². The third-order valence-corrected chi connectivity index (χ3v) is 4.64. The van der Waals surface area contributed by atoms with Crippen LogP contribution in [0.4, 0.5) is 4.79 Å². The first kappa shape index (κ1) is 14.9. The van der Waals surface area contributed by atoms with Crippen molar-refractivity contribution in [2.45, 2.75) is 45.4 Å². The summed E-state index contributed by atoms with van der Waals surface area (Å²) in [6, 6.07) is 5.76. The van der Waals surface area contributed by atoms with Crippen LogP contribution in [0.25, 0.3) is 10.4 Å². The van der Waals surface area contributed by atoms with Crippen molar-refractivity contribution in [2.24, 2.45) is 5.73 Å². The number of nitrogens with two attached hydrogens (primary N) is 1. The van der Waals surface area contributed by atoms with Crippen molar-refractivity contribution in [3.05, 3.63) is 35.5 Å². The molecule has 0 aliphatic heterocycles. The minimum atomic E-state index is -0.391. The Morgan fingerprint density at radius 2 is 2.20 bits per heavy atom. The maximum atomic E-state index is 11.7. The molecule has 0 fully saturated rings. The molecular formula is C16H22N2OS. The Labute approximate surface area is 124 Å². The van der Waals surface area contributed by atoms with Gasteiger partial charge in [-0.25, -0.2) is 4.79 Å². The Bertz CT molecular complexity index is 557. The minimum Gasteiger partial charge on any atom is -0.351 e. The molecule has 3 nitrogen and oxygen atoms in total. The highest BCUT2D eigenvalue weighted by atomic mass is 32.1. The summed E-state index contributed by atoms with van der Waals surface area (Å²) in [5.74, 6) is 0.384. The summed E-state index contributed by atoms with van der Waals surface area (Å²) >= 11 is 1.70. The molecule has 0 radical (unpaired) electrons. The van der Waals surface area contributed by atoms with Gasteiger partial charge in [-0.1, -0.05) is 32.8 Å². The third-order valence-electron chi connectivity index (χ3n) is 3.74. The highest BCUT2D eigenvalue weighted by molar-refractivity contribution is 7.13. The fourth-order valence-corrected chi connectivity index (χ4v) is 3.44. The Morgan fingerprint density at radius 3 is 2.75 bits per heavy atom. The van der Waals surface area contributed by atoms with E-state index in [2.05, 4.69) is 25.3 Å². The molecule has 2 rings (SSSR count). The second-order valence-electron chi connectivity index (χ2n) is 5.05. The zero-order chi connectivity index (χ0) is 14.5. The summed E-state index contributed by atoms with van der Waals surface area (Å²) < 4.78 is 1.62. The number of carbonyl (C=O) groups is 1. The van der Waals surface area contributed by atoms with E-state index in [9.17, 15) is 4.79 Å². The van der Waals surface area contributed by atoms with E-state index >= 15 is 0 Å². The molecule has 0 bridgehead atoms. The fraction of sp³-hybridized carbons (Fsp3) is 0.438. The largest absolute Gasteiger partial charge is 0.351 e. The molecule has 0 aliphatic carbocycles. The molecule has 2 aromatic heterocycles. The molecule has 2 aromatic rings. The van der Waals surface area contributed by atoms with Crippen molar-refractivity contribution in [1.82, 2.24) is 4.57 Å². The van der Waals surface area contributed by atoms with Crippen molar-refractivity contribution in [3.8, 4) is 10.4 Å². The number of unbranched alkanes of at least 4 members (excludes halogenated alkanes) is 1. The average Bonchev–Trinajstić information content (AvgIpc) is 3.08. The van der Waals surface area contributed by atoms with Crippen molar-refractivity contribution < 1.29 is 4.79 Å². The first-order valence-corrected chi connectivity index (χ1v) is 8.11. The fourth-order valence-electron chi connectivity index (χ4n) is 2.68. The van der Waals surface area contributed by atoms with Crippen LogP contribution in [-0.2, 0) is 0 Å². The lowest BCUT2D eigenvalue weighted by Gasteiger charge is -2.18. The van der Waals surface area contributed by atoms with Crippen molar-refractivity contribution in [3.63, 3.8) is 0 Å². The van der Waals surface area contributed by atoms with Gasteiger partial charge in [-0.05, 0) is 30.4 Å². The molecule has 2 heterocycles. The van der Waals surface area contributed by atoms with Gasteiger partial charge in [-0.15, -0.1) is 11.3 Å². The summed E-state index contributed by atoms with van der Waals surface area (Å²) in [5.41, 5.74) is 7.76. The summed E-state index contributed by atoms with van der Waals surface area (Å²) in [6.45, 7) is 4.37. The van der Waals surface area contributed by atoms with E-state index in [4.69, 9.17) is 5.73 Å². The van der Waals surface area contributed by atoms with Gasteiger partial charge in [0.2, 0.25) is 0 Å². The number of nitrogens with zero attached hydrogens (tertiary/aromatic N) is 1. The SMILES string of the molecule is CCCCC(CC)c1c(-c2cccs2)ccn1C(N)=O. The predicted octanol–water partition coefficient (Wildman–Crippen LogP) is 4.83. The van der Waals surface area contributed by atoms with E-state index < -0.39 is 6.03 Å². The number of aromatic nitrogens is 1. The molecule has 1 amide bonds. The van der Waals surface area contributed by atoms with Gasteiger partial charge in [0.25, 0.3) is 0 Å². The molecule has 4 heteroatoms. The molecule has 0 saturated carbocycles. The standard InChI is InChI=1S/C16H22N2OS/c1-3-5-7-12(4-2)15-13(14-8-6-11-20-14)9-10-18(15)16(17)19/h6,8-12H,3-5,7H2,1-2H3,(H2,17,19). The molecule has 20 heavy (non-hydrogen) atoms. The Balaban J connectivity index is 2.46. The van der Waals surface area contributed by atoms with Crippen molar-refractivity contribution in [1.29, 1.82) is 0 Å². The van der Waals surface area contributed by atoms with Gasteiger partial charge < -0.3 is 5.73 Å². The van der Waals surface area contributed by atoms with Gasteiger partial charge in [0.15, 0.2) is 0 Å². The number of rotatable bonds is 6. The lowest BCUT2D eigenvalue weighted by molar-refractivity contribution is 0.249. The lowest BCUT2D eigenvalue weighted by Crippen LogP contribution is -2.22. The maximum absolute atomic E-state index is 11.7. The van der Waals surface area contributed by atoms with Crippen LogP contribution in [0, 0.1) is 0 Å². The van der Waals surface area contributed by atoms with Gasteiger partial charge >= 0.3 is 6.03 Å².